The molecule has 11 heteroatoms. The Morgan fingerprint density at radius 1 is 1.15 bits per heavy atom. The Morgan fingerprint density at radius 2 is 1.85 bits per heavy atom. The smallest absolute Gasteiger partial charge is 0.330 e. The second-order valence-corrected chi connectivity index (χ2v) is 11.3. The highest BCUT2D eigenvalue weighted by Gasteiger charge is 2.61. The van der Waals surface area contributed by atoms with Crippen LogP contribution in [0.1, 0.15) is 35.8 Å². The number of hydrogen-bond donors (Lipinski definition) is 2. The molecule has 2 aromatic carbocycles. The number of aryl methyl sites for hydroxylation is 2. The summed E-state index contributed by atoms with van der Waals surface area (Å²) in [6.07, 6.45) is 2.10. The van der Waals surface area contributed by atoms with Crippen molar-refractivity contribution in [1.82, 2.24) is 9.55 Å². The molecule has 4 rings (SSSR count). The summed E-state index contributed by atoms with van der Waals surface area (Å²) >= 11 is 0. The molecule has 0 spiro atoms. The number of rotatable bonds is 11. The van der Waals surface area contributed by atoms with Crippen LogP contribution in [0.15, 0.2) is 87.9 Å². The van der Waals surface area contributed by atoms with Crippen LogP contribution in [0.3, 0.4) is 0 Å². The first-order valence-electron chi connectivity index (χ1n) is 12.4. The Bertz CT molecular complexity index is 1530. The summed E-state index contributed by atoms with van der Waals surface area (Å²) in [5, 5.41) is 10.8. The van der Waals surface area contributed by atoms with Crippen molar-refractivity contribution in [2.24, 2.45) is 0 Å². The minimum absolute atomic E-state index is 0.0335. The van der Waals surface area contributed by atoms with E-state index in [1.54, 1.807) is 25.1 Å². The van der Waals surface area contributed by atoms with Crippen LogP contribution in [0, 0.1) is 13.8 Å². The molecule has 0 aliphatic carbocycles. The van der Waals surface area contributed by atoms with E-state index in [1.165, 1.54) is 22.9 Å². The van der Waals surface area contributed by atoms with Crippen LogP contribution < -0.4 is 11.2 Å². The van der Waals surface area contributed by atoms with Crippen LogP contribution in [-0.2, 0) is 30.4 Å². The van der Waals surface area contributed by atoms with Gasteiger partial charge in [0.1, 0.15) is 24.0 Å². The third kappa shape index (κ3) is 5.82. The molecular formula is C28H32N2O8S. The lowest BCUT2D eigenvalue weighted by Crippen LogP contribution is -2.58. The van der Waals surface area contributed by atoms with E-state index in [0.29, 0.717) is 0 Å². The maximum Gasteiger partial charge on any atom is 0.330 e. The van der Waals surface area contributed by atoms with E-state index in [0.717, 1.165) is 11.1 Å². The first-order valence-corrected chi connectivity index (χ1v) is 13.8. The third-order valence-electron chi connectivity index (χ3n) is 7.00. The van der Waals surface area contributed by atoms with E-state index < -0.39 is 52.0 Å². The predicted octanol–water partition coefficient (Wildman–Crippen LogP) is 2.74. The van der Waals surface area contributed by atoms with Gasteiger partial charge < -0.3 is 14.6 Å². The molecule has 0 bridgehead atoms. The number of aliphatic hydroxyl groups excluding tert-OH is 1. The van der Waals surface area contributed by atoms with E-state index >= 15 is 0 Å². The Hall–Kier alpha value is -3.35. The zero-order valence-corrected chi connectivity index (χ0v) is 22.6. The van der Waals surface area contributed by atoms with E-state index in [-0.39, 0.29) is 29.9 Å². The number of hydrogen-bond acceptors (Lipinski definition) is 8. The molecule has 2 N–H and O–H groups in total. The fourth-order valence-corrected chi connectivity index (χ4v) is 5.67. The highest BCUT2D eigenvalue weighted by Crippen LogP contribution is 2.49. The van der Waals surface area contributed by atoms with E-state index in [2.05, 4.69) is 11.6 Å². The first-order chi connectivity index (χ1) is 18.5. The lowest BCUT2D eigenvalue weighted by molar-refractivity contribution is -0.201. The Labute approximate surface area is 226 Å². The summed E-state index contributed by atoms with van der Waals surface area (Å²) in [6.45, 7) is 6.03. The van der Waals surface area contributed by atoms with Crippen LogP contribution in [-0.4, -0.2) is 47.5 Å². The van der Waals surface area contributed by atoms with Gasteiger partial charge in [-0.2, -0.15) is 8.42 Å². The molecule has 1 fully saturated rings. The Balaban J connectivity index is 1.75. The molecule has 1 aromatic heterocycles. The van der Waals surface area contributed by atoms with E-state index in [1.807, 2.05) is 37.3 Å². The summed E-state index contributed by atoms with van der Waals surface area (Å²) in [4.78, 5) is 26.9. The number of benzene rings is 2. The van der Waals surface area contributed by atoms with Crippen molar-refractivity contribution in [2.45, 2.75) is 55.6 Å². The number of aromatic amines is 1. The van der Waals surface area contributed by atoms with Gasteiger partial charge >= 0.3 is 5.69 Å². The Morgan fingerprint density at radius 3 is 2.49 bits per heavy atom. The second-order valence-electron chi connectivity index (χ2n) is 9.70. The molecule has 10 nitrogen and oxygen atoms in total. The van der Waals surface area contributed by atoms with Gasteiger partial charge in [-0.05, 0) is 38.0 Å². The number of H-pyrrole nitrogens is 1. The number of aromatic nitrogens is 2. The number of aliphatic hydroxyl groups is 1. The van der Waals surface area contributed by atoms with Crippen molar-refractivity contribution >= 4 is 10.1 Å². The lowest BCUT2D eigenvalue weighted by Gasteiger charge is -2.42. The lowest BCUT2D eigenvalue weighted by atomic mass is 9.80. The van der Waals surface area contributed by atoms with Gasteiger partial charge in [-0.25, -0.2) is 4.79 Å². The molecule has 1 saturated heterocycles. The van der Waals surface area contributed by atoms with Crippen molar-refractivity contribution in [1.29, 1.82) is 0 Å². The molecule has 208 valence electrons. The third-order valence-corrected chi connectivity index (χ3v) is 8.27. The standard InChI is InChI=1S/C28H32N2O8S/c1-4-14-27(36-17-22-8-6-5-7-9-22)15-24(30-16-21(3)25(32)29-26(30)33)38-28(27,18-31)19-37-39(34,35)23-12-10-20(2)11-13-23/h4-13,16,24,31H,1,14-15,17-19H2,2-3H3,(H,29,32,33)/t24-,27-,28-/m1/s1. The van der Waals surface area contributed by atoms with Gasteiger partial charge in [-0.15, -0.1) is 6.58 Å². The number of ether oxygens (including phenoxy) is 2. The zero-order chi connectivity index (χ0) is 28.3. The van der Waals surface area contributed by atoms with Crippen LogP contribution >= 0.6 is 0 Å². The average molecular weight is 557 g/mol. The summed E-state index contributed by atoms with van der Waals surface area (Å²) in [5.41, 5.74) is -2.33. The first kappa shape index (κ1) is 28.7. The maximum atomic E-state index is 13.1. The van der Waals surface area contributed by atoms with E-state index in [4.69, 9.17) is 13.7 Å². The Kier molecular flexibility index (Phi) is 8.38. The van der Waals surface area contributed by atoms with Crippen molar-refractivity contribution in [3.05, 3.63) is 111 Å². The molecule has 0 saturated carbocycles. The quantitative estimate of drug-likeness (QED) is 0.272. The van der Waals surface area contributed by atoms with Gasteiger partial charge in [-0.3, -0.25) is 18.5 Å². The van der Waals surface area contributed by atoms with Gasteiger partial charge in [0.05, 0.1) is 18.1 Å². The highest BCUT2D eigenvalue weighted by atomic mass is 32.2. The van der Waals surface area contributed by atoms with Crippen molar-refractivity contribution in [3.8, 4) is 0 Å². The second kappa shape index (κ2) is 11.4. The highest BCUT2D eigenvalue weighted by molar-refractivity contribution is 7.86. The van der Waals surface area contributed by atoms with Crippen molar-refractivity contribution < 1.29 is 27.2 Å². The van der Waals surface area contributed by atoms with Gasteiger partial charge in [0.2, 0.25) is 0 Å². The van der Waals surface area contributed by atoms with Gasteiger partial charge in [0.25, 0.3) is 15.7 Å². The molecule has 0 radical (unpaired) electrons. The topological polar surface area (TPSA) is 137 Å². The predicted molar refractivity (Wildman–Crippen MR) is 144 cm³/mol. The van der Waals surface area contributed by atoms with Crippen LogP contribution in [0.5, 0.6) is 0 Å². The monoisotopic (exact) mass is 556 g/mol. The summed E-state index contributed by atoms with van der Waals surface area (Å²) < 4.78 is 45.6. The molecule has 0 unspecified atom stereocenters. The minimum Gasteiger partial charge on any atom is -0.393 e. The summed E-state index contributed by atoms with van der Waals surface area (Å²) in [6, 6.07) is 15.5. The number of nitrogens with zero attached hydrogens (tertiary/aromatic N) is 1. The zero-order valence-electron chi connectivity index (χ0n) is 21.8. The normalized spacial score (nSPS) is 23.1. The van der Waals surface area contributed by atoms with Crippen molar-refractivity contribution in [3.63, 3.8) is 0 Å². The fourth-order valence-electron chi connectivity index (χ4n) is 4.72. The molecular weight excluding hydrogens is 524 g/mol. The molecule has 0 amide bonds. The number of nitrogens with one attached hydrogen (secondary N) is 1. The molecule has 3 aromatic rings. The molecule has 1 aliphatic rings. The molecule has 3 atom stereocenters. The average Bonchev–Trinajstić information content (AvgIpc) is 3.24. The van der Waals surface area contributed by atoms with Gasteiger partial charge in [-0.1, -0.05) is 54.1 Å². The van der Waals surface area contributed by atoms with Gasteiger partial charge in [0, 0.05) is 18.2 Å². The minimum atomic E-state index is -4.24. The fraction of sp³-hybridized carbons (Fsp3) is 0.357. The summed E-state index contributed by atoms with van der Waals surface area (Å²) in [7, 11) is -4.24. The van der Waals surface area contributed by atoms with E-state index in [9.17, 15) is 23.1 Å². The SMILES string of the molecule is C=CC[C@@]1(OCc2ccccc2)C[C@H](n2cc(C)c(=O)[nH]c2=O)O[C@]1(CO)COS(=O)(=O)c1ccc(C)cc1. The largest absolute Gasteiger partial charge is 0.393 e. The summed E-state index contributed by atoms with van der Waals surface area (Å²) in [5.74, 6) is 0. The van der Waals surface area contributed by atoms with Crippen molar-refractivity contribution in [2.75, 3.05) is 13.2 Å². The molecule has 1 aliphatic heterocycles. The van der Waals surface area contributed by atoms with Gasteiger partial charge in [0.15, 0.2) is 0 Å². The van der Waals surface area contributed by atoms with Crippen LogP contribution in [0.2, 0.25) is 0 Å². The van der Waals surface area contributed by atoms with Crippen LogP contribution in [0.4, 0.5) is 0 Å². The molecule has 2 heterocycles. The molecule has 39 heavy (non-hydrogen) atoms. The maximum absolute atomic E-state index is 13.1. The van der Waals surface area contributed by atoms with Crippen LogP contribution in [0.25, 0.3) is 0 Å².